The number of hydrogen-bond donors (Lipinski definition) is 0. The summed E-state index contributed by atoms with van der Waals surface area (Å²) in [6, 6.07) is 0. The van der Waals surface area contributed by atoms with E-state index in [2.05, 4.69) is 4.98 Å². The highest BCUT2D eigenvalue weighted by molar-refractivity contribution is 6.33. The molecule has 0 aliphatic heterocycles. The first kappa shape index (κ1) is 10.1. The zero-order valence-electron chi connectivity index (χ0n) is 6.72. The van der Waals surface area contributed by atoms with E-state index in [9.17, 15) is 13.6 Å². The maximum Gasteiger partial charge on any atom is 0.265 e. The van der Waals surface area contributed by atoms with Crippen LogP contribution in [0.25, 0.3) is 0 Å². The third kappa shape index (κ3) is 1.83. The van der Waals surface area contributed by atoms with Gasteiger partial charge in [-0.2, -0.15) is 0 Å². The smallest absolute Gasteiger partial charge is 0.265 e. The molecule has 2 nitrogen and oxygen atoms in total. The van der Waals surface area contributed by atoms with Crippen molar-refractivity contribution >= 4 is 17.9 Å². The Kier molecular flexibility index (Phi) is 2.93. The van der Waals surface area contributed by atoms with Crippen LogP contribution >= 0.6 is 11.6 Å². The molecule has 0 bridgehead atoms. The van der Waals surface area contributed by atoms with Gasteiger partial charge in [-0.15, -0.1) is 0 Å². The summed E-state index contributed by atoms with van der Waals surface area (Å²) in [6.07, 6.45) is -1.22. The maximum atomic E-state index is 12.3. The van der Waals surface area contributed by atoms with Crippen molar-refractivity contribution in [2.45, 2.75) is 13.3 Å². The van der Waals surface area contributed by atoms with Crippen LogP contribution in [-0.2, 0) is 0 Å². The minimum absolute atomic E-state index is 0.00667. The Hall–Kier alpha value is -1.03. The van der Waals surface area contributed by atoms with Gasteiger partial charge in [0.25, 0.3) is 6.43 Å². The van der Waals surface area contributed by atoms with Crippen LogP contribution in [0.3, 0.4) is 0 Å². The van der Waals surface area contributed by atoms with Crippen molar-refractivity contribution in [1.82, 2.24) is 4.98 Å². The average molecular weight is 206 g/mol. The number of carbonyl (C=O) groups excluding carboxylic acids is 1. The molecule has 0 spiro atoms. The second-order valence-corrected chi connectivity index (χ2v) is 2.83. The lowest BCUT2D eigenvalue weighted by molar-refractivity contribution is 0.111. The molecule has 5 heteroatoms. The van der Waals surface area contributed by atoms with Crippen molar-refractivity contribution < 1.29 is 13.6 Å². The van der Waals surface area contributed by atoms with Gasteiger partial charge in [0.05, 0.1) is 5.02 Å². The van der Waals surface area contributed by atoms with Crippen LogP contribution in [0.2, 0.25) is 5.02 Å². The number of halogens is 3. The van der Waals surface area contributed by atoms with Crippen LogP contribution in [-0.4, -0.2) is 11.3 Å². The molecule has 0 amide bonds. The molecule has 0 saturated carbocycles. The molecule has 0 aliphatic carbocycles. The van der Waals surface area contributed by atoms with E-state index >= 15 is 0 Å². The molecule has 1 rings (SSSR count). The van der Waals surface area contributed by atoms with Gasteiger partial charge in [0.1, 0.15) is 5.69 Å². The molecule has 13 heavy (non-hydrogen) atoms. The lowest BCUT2D eigenvalue weighted by atomic mass is 10.1. The number of alkyl halides is 2. The fourth-order valence-corrected chi connectivity index (χ4v) is 1.12. The summed E-state index contributed by atoms with van der Waals surface area (Å²) in [5.74, 6) is 0. The van der Waals surface area contributed by atoms with Crippen molar-refractivity contribution in [3.05, 3.63) is 28.0 Å². The van der Waals surface area contributed by atoms with Crippen LogP contribution in [0.5, 0.6) is 0 Å². The monoisotopic (exact) mass is 205 g/mol. The summed E-state index contributed by atoms with van der Waals surface area (Å²) in [6.45, 7) is 1.43. The highest BCUT2D eigenvalue weighted by atomic mass is 35.5. The highest BCUT2D eigenvalue weighted by Crippen LogP contribution is 2.27. The van der Waals surface area contributed by atoms with Crippen LogP contribution in [0.15, 0.2) is 6.20 Å². The molecule has 0 fully saturated rings. The first-order valence-electron chi connectivity index (χ1n) is 3.46. The van der Waals surface area contributed by atoms with Gasteiger partial charge in [0.2, 0.25) is 0 Å². The van der Waals surface area contributed by atoms with E-state index in [1.54, 1.807) is 0 Å². The van der Waals surface area contributed by atoms with Crippen molar-refractivity contribution in [2.24, 2.45) is 0 Å². The Morgan fingerprint density at radius 3 is 2.69 bits per heavy atom. The first-order chi connectivity index (χ1) is 6.07. The molecular formula is C8H6ClF2NO. The molecule has 0 N–H and O–H groups in total. The zero-order chi connectivity index (χ0) is 10.0. The van der Waals surface area contributed by atoms with Crippen molar-refractivity contribution in [2.75, 3.05) is 0 Å². The molecule has 1 aromatic rings. The fraction of sp³-hybridized carbons (Fsp3) is 0.250. The number of carbonyl (C=O) groups is 1. The molecule has 0 atom stereocenters. The highest BCUT2D eigenvalue weighted by Gasteiger charge is 2.15. The average Bonchev–Trinajstić information content (AvgIpc) is 2.09. The SMILES string of the molecule is Cc1c(C(F)F)cnc(C=O)c1Cl. The van der Waals surface area contributed by atoms with Crippen molar-refractivity contribution in [1.29, 1.82) is 0 Å². The Labute approximate surface area is 78.5 Å². The minimum Gasteiger partial charge on any atom is -0.296 e. The van der Waals surface area contributed by atoms with E-state index < -0.39 is 6.43 Å². The Balaban J connectivity index is 3.31. The molecular weight excluding hydrogens is 200 g/mol. The van der Waals surface area contributed by atoms with Gasteiger partial charge >= 0.3 is 0 Å². The van der Waals surface area contributed by atoms with E-state index in [1.165, 1.54) is 6.92 Å². The topological polar surface area (TPSA) is 30.0 Å². The van der Waals surface area contributed by atoms with Gasteiger partial charge in [0.15, 0.2) is 6.29 Å². The largest absolute Gasteiger partial charge is 0.296 e. The number of rotatable bonds is 2. The Morgan fingerprint density at radius 2 is 2.23 bits per heavy atom. The molecule has 1 heterocycles. The second kappa shape index (κ2) is 3.79. The first-order valence-corrected chi connectivity index (χ1v) is 3.84. The maximum absolute atomic E-state index is 12.3. The molecule has 1 aromatic heterocycles. The van der Waals surface area contributed by atoms with E-state index in [-0.39, 0.29) is 21.8 Å². The van der Waals surface area contributed by atoms with Gasteiger partial charge in [-0.05, 0) is 12.5 Å². The summed E-state index contributed by atoms with van der Waals surface area (Å²) in [5.41, 5.74) is -0.0482. The fourth-order valence-electron chi connectivity index (χ4n) is 0.914. The van der Waals surface area contributed by atoms with E-state index in [0.717, 1.165) is 6.20 Å². The summed E-state index contributed by atoms with van der Waals surface area (Å²) in [5, 5.41) is -0.00667. The normalized spacial score (nSPS) is 10.5. The third-order valence-electron chi connectivity index (χ3n) is 1.68. The van der Waals surface area contributed by atoms with E-state index in [1.807, 2.05) is 0 Å². The van der Waals surface area contributed by atoms with Crippen LogP contribution in [0, 0.1) is 6.92 Å². The van der Waals surface area contributed by atoms with Gasteiger partial charge in [-0.1, -0.05) is 11.6 Å². The van der Waals surface area contributed by atoms with Gasteiger partial charge in [0, 0.05) is 11.8 Å². The molecule has 0 aliphatic rings. The molecule has 0 aromatic carbocycles. The van der Waals surface area contributed by atoms with Crippen LogP contribution in [0.4, 0.5) is 8.78 Å². The summed E-state index contributed by atoms with van der Waals surface area (Å²) in [4.78, 5) is 13.8. The van der Waals surface area contributed by atoms with Gasteiger partial charge in [-0.3, -0.25) is 9.78 Å². The number of aldehydes is 1. The third-order valence-corrected chi connectivity index (χ3v) is 2.15. The summed E-state index contributed by atoms with van der Waals surface area (Å²) < 4.78 is 24.5. The number of aromatic nitrogens is 1. The Morgan fingerprint density at radius 1 is 1.62 bits per heavy atom. The van der Waals surface area contributed by atoms with Crippen molar-refractivity contribution in [3.8, 4) is 0 Å². The van der Waals surface area contributed by atoms with Gasteiger partial charge < -0.3 is 0 Å². The molecule has 0 radical (unpaired) electrons. The molecule has 0 saturated heterocycles. The summed E-state index contributed by atoms with van der Waals surface area (Å²) >= 11 is 5.62. The predicted octanol–water partition coefficient (Wildman–Crippen LogP) is 2.79. The number of hydrogen-bond acceptors (Lipinski definition) is 2. The molecule has 0 unspecified atom stereocenters. The zero-order valence-corrected chi connectivity index (χ0v) is 7.48. The quantitative estimate of drug-likeness (QED) is 0.695. The second-order valence-electron chi connectivity index (χ2n) is 2.46. The lowest BCUT2D eigenvalue weighted by Crippen LogP contribution is -1.97. The van der Waals surface area contributed by atoms with Crippen LogP contribution < -0.4 is 0 Å². The predicted molar refractivity (Wildman–Crippen MR) is 44.3 cm³/mol. The van der Waals surface area contributed by atoms with E-state index in [4.69, 9.17) is 11.6 Å². The standard InChI is InChI=1S/C8H6ClF2NO/c1-4-5(8(10)11)2-12-6(3-13)7(4)9/h2-3,8H,1H3. The van der Waals surface area contributed by atoms with Crippen LogP contribution in [0.1, 0.15) is 28.0 Å². The summed E-state index contributed by atoms with van der Waals surface area (Å²) in [7, 11) is 0. The lowest BCUT2D eigenvalue weighted by Gasteiger charge is -2.06. The number of nitrogens with zero attached hydrogens (tertiary/aromatic N) is 1. The van der Waals surface area contributed by atoms with E-state index in [0.29, 0.717) is 6.29 Å². The Bertz CT molecular complexity index is 341. The van der Waals surface area contributed by atoms with Crippen molar-refractivity contribution in [3.63, 3.8) is 0 Å². The minimum atomic E-state index is -2.62. The number of pyridine rings is 1. The van der Waals surface area contributed by atoms with Gasteiger partial charge in [-0.25, -0.2) is 8.78 Å². The molecule has 70 valence electrons.